The molecule has 1 N–H and O–H groups in total. The quantitative estimate of drug-likeness (QED) is 0.811. The monoisotopic (exact) mass is 377 g/mol. The molecule has 1 saturated carbocycles. The van der Waals surface area contributed by atoms with Gasteiger partial charge in [-0.05, 0) is 58.3 Å². The summed E-state index contributed by atoms with van der Waals surface area (Å²) < 4.78 is 28.4. The Morgan fingerprint density at radius 2 is 1.72 bits per heavy atom. The summed E-state index contributed by atoms with van der Waals surface area (Å²) in [4.78, 5) is 0.346. The van der Waals surface area contributed by atoms with Crippen LogP contribution in [0.25, 0.3) is 0 Å². The summed E-state index contributed by atoms with van der Waals surface area (Å²) >= 11 is 1.68. The van der Waals surface area contributed by atoms with E-state index in [4.69, 9.17) is 0 Å². The Labute approximate surface area is 155 Å². The number of benzene rings is 1. The zero-order valence-electron chi connectivity index (χ0n) is 15.2. The molecule has 0 spiro atoms. The first kappa shape index (κ1) is 18.6. The highest BCUT2D eigenvalue weighted by atomic mass is 32.2. The summed E-state index contributed by atoms with van der Waals surface area (Å²) in [5, 5.41) is 4.24. The van der Waals surface area contributed by atoms with Crippen molar-refractivity contribution in [2.75, 3.05) is 6.54 Å². The maximum Gasteiger partial charge on any atom is 0.240 e. The first-order valence-corrected chi connectivity index (χ1v) is 11.3. The zero-order valence-corrected chi connectivity index (χ0v) is 16.8. The van der Waals surface area contributed by atoms with Gasteiger partial charge in [0.2, 0.25) is 10.0 Å². The van der Waals surface area contributed by atoms with E-state index in [1.54, 1.807) is 23.5 Å². The molecule has 1 aliphatic rings. The third kappa shape index (κ3) is 3.99. The average molecular weight is 378 g/mol. The van der Waals surface area contributed by atoms with Crippen LogP contribution in [0, 0.1) is 0 Å². The summed E-state index contributed by atoms with van der Waals surface area (Å²) in [5.41, 5.74) is 2.39. The Hall–Kier alpha value is -1.17. The number of sulfonamides is 1. The van der Waals surface area contributed by atoms with E-state index in [2.05, 4.69) is 42.3 Å². The predicted molar refractivity (Wildman–Crippen MR) is 105 cm³/mol. The van der Waals surface area contributed by atoms with Crippen molar-refractivity contribution in [1.82, 2.24) is 4.72 Å². The van der Waals surface area contributed by atoms with Gasteiger partial charge in [-0.1, -0.05) is 45.7 Å². The van der Waals surface area contributed by atoms with Crippen LogP contribution in [0.15, 0.2) is 46.0 Å². The van der Waals surface area contributed by atoms with Gasteiger partial charge in [-0.15, -0.1) is 0 Å². The van der Waals surface area contributed by atoms with Crippen LogP contribution in [0.5, 0.6) is 0 Å². The van der Waals surface area contributed by atoms with Gasteiger partial charge in [-0.3, -0.25) is 0 Å². The second-order valence-electron chi connectivity index (χ2n) is 8.10. The van der Waals surface area contributed by atoms with Crippen LogP contribution in [0.1, 0.15) is 57.6 Å². The SMILES string of the molecule is CC(C)(C)c1ccc(S(=O)(=O)NCC2(c3ccsc3)CCCC2)cc1. The second kappa shape index (κ2) is 6.86. The van der Waals surface area contributed by atoms with Gasteiger partial charge < -0.3 is 0 Å². The minimum atomic E-state index is -3.49. The third-order valence-electron chi connectivity index (χ3n) is 5.33. The standard InChI is InChI=1S/C20H27NO2S2/c1-19(2,3)16-6-8-18(9-7-16)25(22,23)21-15-20(11-4-5-12-20)17-10-13-24-14-17/h6-10,13-14,21H,4-5,11-12,15H2,1-3H3. The molecule has 0 amide bonds. The fourth-order valence-electron chi connectivity index (χ4n) is 3.64. The van der Waals surface area contributed by atoms with E-state index in [1.165, 1.54) is 5.56 Å². The van der Waals surface area contributed by atoms with Gasteiger partial charge in [-0.2, -0.15) is 11.3 Å². The lowest BCUT2D eigenvalue weighted by Gasteiger charge is -2.28. The maximum atomic E-state index is 12.8. The molecule has 1 aliphatic carbocycles. The van der Waals surface area contributed by atoms with E-state index in [-0.39, 0.29) is 10.8 Å². The molecule has 0 aliphatic heterocycles. The molecule has 1 heterocycles. The normalized spacial score (nSPS) is 17.7. The summed E-state index contributed by atoms with van der Waals surface area (Å²) in [7, 11) is -3.49. The molecule has 0 unspecified atom stereocenters. The minimum absolute atomic E-state index is 0.0164. The van der Waals surface area contributed by atoms with E-state index in [0.717, 1.165) is 31.2 Å². The molecule has 3 rings (SSSR count). The van der Waals surface area contributed by atoms with Gasteiger partial charge in [0.25, 0.3) is 0 Å². The van der Waals surface area contributed by atoms with Crippen molar-refractivity contribution in [1.29, 1.82) is 0 Å². The highest BCUT2D eigenvalue weighted by molar-refractivity contribution is 7.89. The molecule has 0 atom stereocenters. The zero-order chi connectivity index (χ0) is 18.1. The molecule has 1 aromatic carbocycles. The fraction of sp³-hybridized carbons (Fsp3) is 0.500. The van der Waals surface area contributed by atoms with Crippen LogP contribution < -0.4 is 4.72 Å². The van der Waals surface area contributed by atoms with Gasteiger partial charge in [0.1, 0.15) is 0 Å². The largest absolute Gasteiger partial charge is 0.240 e. The molecule has 0 radical (unpaired) electrons. The topological polar surface area (TPSA) is 46.2 Å². The number of nitrogens with one attached hydrogen (secondary N) is 1. The molecule has 1 fully saturated rings. The maximum absolute atomic E-state index is 12.8. The van der Waals surface area contributed by atoms with E-state index in [0.29, 0.717) is 11.4 Å². The lowest BCUT2D eigenvalue weighted by atomic mass is 9.81. The first-order chi connectivity index (χ1) is 11.7. The van der Waals surface area contributed by atoms with Crippen molar-refractivity contribution in [3.8, 4) is 0 Å². The van der Waals surface area contributed by atoms with Crippen molar-refractivity contribution in [3.05, 3.63) is 52.2 Å². The van der Waals surface area contributed by atoms with Crippen LogP contribution in [0.4, 0.5) is 0 Å². The van der Waals surface area contributed by atoms with E-state index < -0.39 is 10.0 Å². The molecule has 1 aromatic heterocycles. The van der Waals surface area contributed by atoms with Gasteiger partial charge in [0.15, 0.2) is 0 Å². The van der Waals surface area contributed by atoms with Crippen LogP contribution in [0.3, 0.4) is 0 Å². The van der Waals surface area contributed by atoms with Crippen LogP contribution >= 0.6 is 11.3 Å². The predicted octanol–water partition coefficient (Wildman–Crippen LogP) is 4.84. The van der Waals surface area contributed by atoms with Gasteiger partial charge in [-0.25, -0.2) is 13.1 Å². The Balaban J connectivity index is 1.77. The van der Waals surface area contributed by atoms with Crippen molar-refractivity contribution >= 4 is 21.4 Å². The van der Waals surface area contributed by atoms with Gasteiger partial charge >= 0.3 is 0 Å². The third-order valence-corrected chi connectivity index (χ3v) is 7.43. The number of rotatable bonds is 5. The van der Waals surface area contributed by atoms with Crippen molar-refractivity contribution in [3.63, 3.8) is 0 Å². The molecule has 2 aromatic rings. The molecule has 3 nitrogen and oxygen atoms in total. The molecular formula is C20H27NO2S2. The fourth-order valence-corrected chi connectivity index (χ4v) is 5.54. The van der Waals surface area contributed by atoms with E-state index in [9.17, 15) is 8.42 Å². The smallest absolute Gasteiger partial charge is 0.210 e. The summed E-state index contributed by atoms with van der Waals surface area (Å²) in [6.07, 6.45) is 4.43. The second-order valence-corrected chi connectivity index (χ2v) is 10.6. The number of hydrogen-bond acceptors (Lipinski definition) is 3. The molecule has 5 heteroatoms. The summed E-state index contributed by atoms with van der Waals surface area (Å²) in [6.45, 7) is 6.85. The Kier molecular flexibility index (Phi) is 5.11. The average Bonchev–Trinajstić information content (AvgIpc) is 3.24. The molecule has 25 heavy (non-hydrogen) atoms. The highest BCUT2D eigenvalue weighted by Gasteiger charge is 2.37. The van der Waals surface area contributed by atoms with Crippen LogP contribution in [0.2, 0.25) is 0 Å². The Morgan fingerprint density at radius 3 is 2.24 bits per heavy atom. The van der Waals surface area contributed by atoms with E-state index in [1.807, 2.05) is 12.1 Å². The number of thiophene rings is 1. The molecular weight excluding hydrogens is 350 g/mol. The molecule has 136 valence electrons. The van der Waals surface area contributed by atoms with Gasteiger partial charge in [0, 0.05) is 12.0 Å². The van der Waals surface area contributed by atoms with Crippen molar-refractivity contribution in [2.24, 2.45) is 0 Å². The lowest BCUT2D eigenvalue weighted by molar-refractivity contribution is 0.433. The minimum Gasteiger partial charge on any atom is -0.210 e. The summed E-state index contributed by atoms with van der Waals surface area (Å²) in [6, 6.07) is 9.41. The number of hydrogen-bond donors (Lipinski definition) is 1. The van der Waals surface area contributed by atoms with Crippen molar-refractivity contribution < 1.29 is 8.42 Å². The first-order valence-electron chi connectivity index (χ1n) is 8.86. The van der Waals surface area contributed by atoms with Crippen LogP contribution in [-0.2, 0) is 20.9 Å². The van der Waals surface area contributed by atoms with Crippen molar-refractivity contribution in [2.45, 2.75) is 62.2 Å². The highest BCUT2D eigenvalue weighted by Crippen LogP contribution is 2.41. The van der Waals surface area contributed by atoms with Crippen LogP contribution in [-0.4, -0.2) is 15.0 Å². The Morgan fingerprint density at radius 1 is 1.08 bits per heavy atom. The lowest BCUT2D eigenvalue weighted by Crippen LogP contribution is -2.38. The molecule has 0 saturated heterocycles. The Bertz CT molecular complexity index is 794. The summed E-state index contributed by atoms with van der Waals surface area (Å²) in [5.74, 6) is 0. The van der Waals surface area contributed by atoms with Gasteiger partial charge in [0.05, 0.1) is 4.90 Å². The molecule has 0 bridgehead atoms. The van der Waals surface area contributed by atoms with E-state index >= 15 is 0 Å².